The van der Waals surface area contributed by atoms with Crippen LogP contribution >= 0.6 is 15.9 Å². The van der Waals surface area contributed by atoms with Crippen LogP contribution < -0.4 is 10.1 Å². The zero-order valence-corrected chi connectivity index (χ0v) is 21.5. The molecule has 7 nitrogen and oxygen atoms in total. The van der Waals surface area contributed by atoms with E-state index >= 15 is 0 Å². The molecule has 3 aromatic rings. The average Bonchev–Trinajstić information content (AvgIpc) is 2.82. The molecule has 1 aromatic heterocycles. The van der Waals surface area contributed by atoms with E-state index in [2.05, 4.69) is 26.2 Å². The Morgan fingerprint density at radius 2 is 1.66 bits per heavy atom. The van der Waals surface area contributed by atoms with E-state index in [-0.39, 0.29) is 49.2 Å². The Kier molecular flexibility index (Phi) is 9.14. The van der Waals surface area contributed by atoms with Crippen molar-refractivity contribution in [2.45, 2.75) is 40.2 Å². The van der Waals surface area contributed by atoms with E-state index in [1.165, 1.54) is 0 Å². The highest BCUT2D eigenvalue weighted by Gasteiger charge is 2.22. The number of hydrogen-bond donors (Lipinski definition) is 1. The van der Waals surface area contributed by atoms with Gasteiger partial charge in [0.1, 0.15) is 12.4 Å². The summed E-state index contributed by atoms with van der Waals surface area (Å²) in [5, 5.41) is 2.78. The highest BCUT2D eigenvalue weighted by atomic mass is 79.9. The van der Waals surface area contributed by atoms with Gasteiger partial charge in [-0.1, -0.05) is 48.5 Å². The van der Waals surface area contributed by atoms with Gasteiger partial charge in [-0.25, -0.2) is 4.98 Å². The first-order chi connectivity index (χ1) is 16.8. The van der Waals surface area contributed by atoms with Crippen LogP contribution in [0.5, 0.6) is 5.75 Å². The number of ether oxygens (including phenoxy) is 2. The number of pyridine rings is 1. The number of anilines is 1. The summed E-state index contributed by atoms with van der Waals surface area (Å²) >= 11 is 3.46. The summed E-state index contributed by atoms with van der Waals surface area (Å²) in [6.45, 7) is 5.87. The zero-order chi connectivity index (χ0) is 25.4. The number of Topliss-reactive ketones (excluding diaryl/α,β-unsaturated/α-hetero) is 1. The molecule has 182 valence electrons. The Bertz CT molecular complexity index is 1210. The van der Waals surface area contributed by atoms with E-state index in [1.54, 1.807) is 13.0 Å². The minimum atomic E-state index is -0.467. The minimum absolute atomic E-state index is 0.0245. The van der Waals surface area contributed by atoms with Crippen LogP contribution in [-0.2, 0) is 16.1 Å². The molecule has 8 heteroatoms. The highest BCUT2D eigenvalue weighted by Crippen LogP contribution is 2.33. The number of ketones is 1. The molecular weight excluding hydrogens is 512 g/mol. The van der Waals surface area contributed by atoms with Gasteiger partial charge < -0.3 is 14.8 Å². The first-order valence-corrected chi connectivity index (χ1v) is 12.0. The van der Waals surface area contributed by atoms with Crippen molar-refractivity contribution in [3.63, 3.8) is 0 Å². The quantitative estimate of drug-likeness (QED) is 0.258. The molecule has 1 heterocycles. The SMILES string of the molecule is CCOC(=O)CCC(=O)c1nc(NC(=O)c2c(C)cccc2C)cc(Br)c1OCc1ccccc1. The number of aromatic nitrogens is 1. The Labute approximate surface area is 213 Å². The Balaban J connectivity index is 1.90. The fourth-order valence-electron chi connectivity index (χ4n) is 3.54. The lowest BCUT2D eigenvalue weighted by Crippen LogP contribution is -2.18. The lowest BCUT2D eigenvalue weighted by atomic mass is 10.0. The van der Waals surface area contributed by atoms with Crippen LogP contribution in [0.1, 0.15) is 57.3 Å². The second kappa shape index (κ2) is 12.3. The first-order valence-electron chi connectivity index (χ1n) is 11.2. The van der Waals surface area contributed by atoms with E-state index in [0.29, 0.717) is 10.0 Å². The van der Waals surface area contributed by atoms with E-state index in [1.807, 2.05) is 62.4 Å². The third kappa shape index (κ3) is 6.99. The van der Waals surface area contributed by atoms with Gasteiger partial charge in [-0.05, 0) is 59.5 Å². The summed E-state index contributed by atoms with van der Waals surface area (Å²) in [4.78, 5) is 42.2. The number of amides is 1. The van der Waals surface area contributed by atoms with Crippen molar-refractivity contribution in [3.05, 3.63) is 87.0 Å². The standard InChI is InChI=1S/C27H27BrN2O5/c1-4-34-23(32)14-13-21(31)25-26(35-16-19-11-6-5-7-12-19)20(28)15-22(29-25)30-27(33)24-17(2)9-8-10-18(24)3/h5-12,15H,4,13-14,16H2,1-3H3,(H,29,30,33). The molecule has 3 rings (SSSR count). The van der Waals surface area contributed by atoms with Crippen LogP contribution in [0, 0.1) is 13.8 Å². The first kappa shape index (κ1) is 26.1. The normalized spacial score (nSPS) is 10.5. The number of benzene rings is 2. The molecular formula is C27H27BrN2O5. The number of aryl methyl sites for hydroxylation is 2. The molecule has 0 radical (unpaired) electrons. The molecule has 0 spiro atoms. The zero-order valence-electron chi connectivity index (χ0n) is 19.9. The average molecular weight is 539 g/mol. The Morgan fingerprint density at radius 1 is 0.971 bits per heavy atom. The number of rotatable bonds is 10. The van der Waals surface area contributed by atoms with E-state index < -0.39 is 11.8 Å². The second-order valence-electron chi connectivity index (χ2n) is 7.89. The van der Waals surface area contributed by atoms with Crippen molar-refractivity contribution in [3.8, 4) is 5.75 Å². The summed E-state index contributed by atoms with van der Waals surface area (Å²) in [6.07, 6.45) is -0.183. The van der Waals surface area contributed by atoms with Crippen molar-refractivity contribution < 1.29 is 23.9 Å². The van der Waals surface area contributed by atoms with Crippen LogP contribution in [0.3, 0.4) is 0 Å². The number of carbonyl (C=O) groups is 3. The third-order valence-corrected chi connectivity index (χ3v) is 5.82. The number of hydrogen-bond acceptors (Lipinski definition) is 6. The number of esters is 1. The molecule has 2 aromatic carbocycles. The van der Waals surface area contributed by atoms with Gasteiger partial charge in [0.2, 0.25) is 0 Å². The van der Waals surface area contributed by atoms with Crippen LogP contribution in [0.4, 0.5) is 5.82 Å². The molecule has 0 bridgehead atoms. The molecule has 35 heavy (non-hydrogen) atoms. The lowest BCUT2D eigenvalue weighted by molar-refractivity contribution is -0.143. The van der Waals surface area contributed by atoms with Crippen molar-refractivity contribution in [1.29, 1.82) is 0 Å². The third-order valence-electron chi connectivity index (χ3n) is 5.23. The fraction of sp³-hybridized carbons (Fsp3) is 0.259. The lowest BCUT2D eigenvalue weighted by Gasteiger charge is -2.15. The van der Waals surface area contributed by atoms with Gasteiger partial charge in [-0.2, -0.15) is 0 Å². The molecule has 1 amide bonds. The summed E-state index contributed by atoms with van der Waals surface area (Å²) in [5.74, 6) is -0.761. The molecule has 0 aliphatic carbocycles. The van der Waals surface area contributed by atoms with Crippen LogP contribution in [0.15, 0.2) is 59.1 Å². The Hall–Kier alpha value is -3.52. The number of nitrogens with zero attached hydrogens (tertiary/aromatic N) is 1. The van der Waals surface area contributed by atoms with E-state index in [9.17, 15) is 14.4 Å². The molecule has 0 fully saturated rings. The summed E-state index contributed by atoms with van der Waals surface area (Å²) < 4.78 is 11.3. The van der Waals surface area contributed by atoms with Gasteiger partial charge in [0.15, 0.2) is 17.2 Å². The van der Waals surface area contributed by atoms with Gasteiger partial charge in [0, 0.05) is 12.0 Å². The topological polar surface area (TPSA) is 94.6 Å². The summed E-state index contributed by atoms with van der Waals surface area (Å²) in [7, 11) is 0. The van der Waals surface area contributed by atoms with Crippen LogP contribution in [0.25, 0.3) is 0 Å². The fourth-order valence-corrected chi connectivity index (χ4v) is 4.06. The van der Waals surface area contributed by atoms with Gasteiger partial charge in [-0.15, -0.1) is 0 Å². The van der Waals surface area contributed by atoms with E-state index in [0.717, 1.165) is 16.7 Å². The van der Waals surface area contributed by atoms with Gasteiger partial charge in [0.25, 0.3) is 5.91 Å². The number of halogens is 1. The maximum absolute atomic E-state index is 13.1. The molecule has 0 aliphatic rings. The van der Waals surface area contributed by atoms with E-state index in [4.69, 9.17) is 9.47 Å². The smallest absolute Gasteiger partial charge is 0.306 e. The molecule has 0 unspecified atom stereocenters. The van der Waals surface area contributed by atoms with Gasteiger partial charge in [-0.3, -0.25) is 14.4 Å². The van der Waals surface area contributed by atoms with Crippen molar-refractivity contribution in [2.75, 3.05) is 11.9 Å². The van der Waals surface area contributed by atoms with Gasteiger partial charge >= 0.3 is 5.97 Å². The maximum Gasteiger partial charge on any atom is 0.306 e. The predicted molar refractivity (Wildman–Crippen MR) is 137 cm³/mol. The molecule has 1 N–H and O–H groups in total. The second-order valence-corrected chi connectivity index (χ2v) is 8.74. The maximum atomic E-state index is 13.1. The Morgan fingerprint density at radius 3 is 2.31 bits per heavy atom. The summed E-state index contributed by atoms with van der Waals surface area (Å²) in [6, 6.07) is 16.7. The molecule has 0 atom stereocenters. The molecule has 0 saturated heterocycles. The molecule has 0 saturated carbocycles. The van der Waals surface area contributed by atoms with Crippen molar-refractivity contribution in [1.82, 2.24) is 4.98 Å². The number of nitrogens with one attached hydrogen (secondary N) is 1. The van der Waals surface area contributed by atoms with Crippen LogP contribution in [-0.4, -0.2) is 29.3 Å². The van der Waals surface area contributed by atoms with Gasteiger partial charge in [0.05, 0.1) is 17.5 Å². The summed E-state index contributed by atoms with van der Waals surface area (Å²) in [5.41, 5.74) is 3.14. The predicted octanol–water partition coefficient (Wildman–Crippen LogP) is 5.82. The van der Waals surface area contributed by atoms with Crippen LogP contribution in [0.2, 0.25) is 0 Å². The van der Waals surface area contributed by atoms with Crippen molar-refractivity contribution >= 4 is 39.4 Å². The highest BCUT2D eigenvalue weighted by molar-refractivity contribution is 9.10. The monoisotopic (exact) mass is 538 g/mol. The number of carbonyl (C=O) groups excluding carboxylic acids is 3. The van der Waals surface area contributed by atoms with Crippen molar-refractivity contribution in [2.24, 2.45) is 0 Å². The largest absolute Gasteiger partial charge is 0.485 e. The molecule has 0 aliphatic heterocycles. The minimum Gasteiger partial charge on any atom is -0.485 e.